The zero-order chi connectivity index (χ0) is 14.2. The van der Waals surface area contributed by atoms with Crippen LogP contribution >= 0.6 is 0 Å². The van der Waals surface area contributed by atoms with E-state index in [0.717, 1.165) is 19.4 Å². The number of carbonyl (C=O) groups is 1. The Balaban J connectivity index is 3.85. The maximum Gasteiger partial charge on any atom is 0.215 e. The number of nitrogens with one attached hydrogen (secondary N) is 1. The largest absolute Gasteiger partial charge is 0.376 e. The Kier molecular flexibility index (Phi) is 7.56. The minimum absolute atomic E-state index is 0.00304. The van der Waals surface area contributed by atoms with Gasteiger partial charge in [-0.1, -0.05) is 0 Å². The van der Waals surface area contributed by atoms with Crippen LogP contribution in [0.2, 0.25) is 0 Å². The lowest BCUT2D eigenvalue weighted by Gasteiger charge is -2.29. The van der Waals surface area contributed by atoms with Crippen molar-refractivity contribution in [3.8, 4) is 0 Å². The van der Waals surface area contributed by atoms with Crippen molar-refractivity contribution >= 4 is 13.7 Å². The topological polar surface area (TPSA) is 47.6 Å². The van der Waals surface area contributed by atoms with E-state index in [4.69, 9.17) is 9.47 Å². The van der Waals surface area contributed by atoms with Crippen molar-refractivity contribution in [1.29, 1.82) is 0 Å². The molecule has 0 aromatic rings. The summed E-state index contributed by atoms with van der Waals surface area (Å²) in [5, 5.41) is 2.78. The van der Waals surface area contributed by atoms with Crippen LogP contribution in [-0.4, -0.2) is 44.6 Å². The van der Waals surface area contributed by atoms with E-state index >= 15 is 0 Å². The molecule has 0 rings (SSSR count). The molecule has 18 heavy (non-hydrogen) atoms. The van der Waals surface area contributed by atoms with E-state index in [1.807, 2.05) is 20.8 Å². The summed E-state index contributed by atoms with van der Waals surface area (Å²) >= 11 is 0. The van der Waals surface area contributed by atoms with Crippen LogP contribution < -0.4 is 5.32 Å². The highest BCUT2D eigenvalue weighted by molar-refractivity contribution is 6.57. The first kappa shape index (κ1) is 17.5. The molecule has 0 heterocycles. The van der Waals surface area contributed by atoms with Gasteiger partial charge in [0.05, 0.1) is 17.8 Å². The van der Waals surface area contributed by atoms with Crippen LogP contribution in [0, 0.1) is 0 Å². The summed E-state index contributed by atoms with van der Waals surface area (Å²) < 4.78 is 11.5. The fourth-order valence-corrected chi connectivity index (χ4v) is 1.65. The monoisotopic (exact) mass is 257 g/mol. The van der Waals surface area contributed by atoms with Gasteiger partial charge in [-0.25, -0.2) is 0 Å². The highest BCUT2D eigenvalue weighted by atomic mass is 16.5. The predicted octanol–water partition coefficient (Wildman–Crippen LogP) is 1.72. The van der Waals surface area contributed by atoms with Crippen LogP contribution in [0.4, 0.5) is 4.79 Å². The van der Waals surface area contributed by atoms with Crippen LogP contribution in [0.1, 0.15) is 47.5 Å². The van der Waals surface area contributed by atoms with Gasteiger partial charge in [0.2, 0.25) is 7.85 Å². The van der Waals surface area contributed by atoms with Crippen molar-refractivity contribution in [3.05, 3.63) is 0 Å². The molecule has 0 aromatic heterocycles. The third-order valence-corrected chi connectivity index (χ3v) is 2.83. The van der Waals surface area contributed by atoms with E-state index in [1.165, 1.54) is 7.85 Å². The first-order valence-electron chi connectivity index (χ1n) is 6.71. The summed E-state index contributed by atoms with van der Waals surface area (Å²) in [6.07, 6.45) is 1.67. The van der Waals surface area contributed by atoms with E-state index < -0.39 is 0 Å². The van der Waals surface area contributed by atoms with E-state index in [2.05, 4.69) is 19.2 Å². The predicted molar refractivity (Wildman–Crippen MR) is 76.9 cm³/mol. The van der Waals surface area contributed by atoms with Gasteiger partial charge in [-0.15, -0.1) is 0 Å². The van der Waals surface area contributed by atoms with Gasteiger partial charge in [0.25, 0.3) is 0 Å². The number of rotatable bonds is 9. The van der Waals surface area contributed by atoms with E-state index in [0.29, 0.717) is 13.2 Å². The second-order valence-electron chi connectivity index (χ2n) is 5.78. The molecule has 0 atom stereocenters. The van der Waals surface area contributed by atoms with Gasteiger partial charge >= 0.3 is 0 Å². The van der Waals surface area contributed by atoms with Crippen LogP contribution in [0.15, 0.2) is 0 Å². The minimum Gasteiger partial charge on any atom is -0.376 e. The van der Waals surface area contributed by atoms with Gasteiger partial charge in [0.1, 0.15) is 0 Å². The average Bonchev–Trinajstić information content (AvgIpc) is 2.15. The summed E-state index contributed by atoms with van der Waals surface area (Å²) in [5.41, 5.74) is -0.354. The standard InChI is InChI=1S/C13H28BNO3/c1-6-17-13(4,5)8-10-18-12(2,3)7-9-15-11(14)16/h6-10,14H2,1-5H3,(H,15,16). The van der Waals surface area contributed by atoms with Crippen molar-refractivity contribution in [2.75, 3.05) is 19.8 Å². The van der Waals surface area contributed by atoms with Crippen LogP contribution in [0.25, 0.3) is 0 Å². The zero-order valence-corrected chi connectivity index (χ0v) is 12.8. The summed E-state index contributed by atoms with van der Waals surface area (Å²) in [6.45, 7) is 12.3. The quantitative estimate of drug-likeness (QED) is 0.640. The minimum atomic E-state index is -0.218. The molecule has 1 amide bonds. The molecule has 0 radical (unpaired) electrons. The molecule has 4 nitrogen and oxygen atoms in total. The molecule has 106 valence electrons. The number of hydrogen-bond donors (Lipinski definition) is 1. The smallest absolute Gasteiger partial charge is 0.215 e. The maximum atomic E-state index is 10.8. The summed E-state index contributed by atoms with van der Waals surface area (Å²) in [6, 6.07) is 0. The van der Waals surface area contributed by atoms with Crippen molar-refractivity contribution in [1.82, 2.24) is 5.32 Å². The first-order chi connectivity index (χ1) is 8.18. The number of hydrogen-bond acceptors (Lipinski definition) is 3. The van der Waals surface area contributed by atoms with Gasteiger partial charge in [-0.05, 0) is 47.5 Å². The number of carbonyl (C=O) groups excluding carboxylic acids is 1. The lowest BCUT2D eigenvalue weighted by Crippen LogP contribution is -2.34. The highest BCUT2D eigenvalue weighted by Crippen LogP contribution is 2.18. The molecule has 5 heteroatoms. The van der Waals surface area contributed by atoms with Gasteiger partial charge in [0, 0.05) is 13.2 Å². The molecule has 0 bridgehead atoms. The summed E-state index contributed by atoms with van der Waals surface area (Å²) in [7, 11) is 1.53. The molecule has 0 spiro atoms. The molecule has 0 saturated carbocycles. The lowest BCUT2D eigenvalue weighted by atomic mass is 10.0. The third-order valence-electron chi connectivity index (χ3n) is 2.83. The van der Waals surface area contributed by atoms with Crippen molar-refractivity contribution in [2.24, 2.45) is 0 Å². The molecule has 0 aliphatic heterocycles. The normalized spacial score (nSPS) is 12.5. The lowest BCUT2D eigenvalue weighted by molar-refractivity contribution is -0.0709. The van der Waals surface area contributed by atoms with Crippen molar-refractivity contribution in [2.45, 2.75) is 58.7 Å². The Morgan fingerprint density at radius 2 is 1.67 bits per heavy atom. The molecule has 0 aliphatic rings. The summed E-state index contributed by atoms with van der Waals surface area (Å²) in [4.78, 5) is 10.8. The Bertz CT molecular complexity index is 255. The highest BCUT2D eigenvalue weighted by Gasteiger charge is 2.22. The van der Waals surface area contributed by atoms with Crippen LogP contribution in [0.5, 0.6) is 0 Å². The molecular formula is C13H28BNO3. The molecule has 0 aromatic carbocycles. The zero-order valence-electron chi connectivity index (χ0n) is 12.8. The Hall–Kier alpha value is -0.545. The summed E-state index contributed by atoms with van der Waals surface area (Å²) in [5.74, 6) is 0.00304. The number of ether oxygens (including phenoxy) is 2. The van der Waals surface area contributed by atoms with E-state index in [1.54, 1.807) is 0 Å². The first-order valence-corrected chi connectivity index (χ1v) is 6.71. The van der Waals surface area contributed by atoms with Gasteiger partial charge in [-0.2, -0.15) is 0 Å². The molecule has 0 unspecified atom stereocenters. The second kappa shape index (κ2) is 7.79. The number of amides is 1. The van der Waals surface area contributed by atoms with Gasteiger partial charge in [0.15, 0.2) is 5.81 Å². The van der Waals surface area contributed by atoms with E-state index in [-0.39, 0.29) is 17.0 Å². The second-order valence-corrected chi connectivity index (χ2v) is 5.78. The molecule has 0 saturated heterocycles. The maximum absolute atomic E-state index is 10.8. The van der Waals surface area contributed by atoms with Crippen molar-refractivity contribution < 1.29 is 14.3 Å². The van der Waals surface area contributed by atoms with Crippen molar-refractivity contribution in [3.63, 3.8) is 0 Å². The fourth-order valence-electron chi connectivity index (χ4n) is 1.65. The van der Waals surface area contributed by atoms with E-state index in [9.17, 15) is 4.79 Å². The van der Waals surface area contributed by atoms with Crippen LogP contribution in [0.3, 0.4) is 0 Å². The SMILES string of the molecule is BC(=O)NCCC(C)(C)OCCC(C)(C)OCC. The van der Waals surface area contributed by atoms with Gasteiger partial charge < -0.3 is 14.8 Å². The Labute approximate surface area is 112 Å². The van der Waals surface area contributed by atoms with Crippen LogP contribution in [-0.2, 0) is 9.47 Å². The average molecular weight is 257 g/mol. The third kappa shape index (κ3) is 9.48. The van der Waals surface area contributed by atoms with Gasteiger partial charge in [-0.3, -0.25) is 4.79 Å². The molecule has 0 aliphatic carbocycles. The molecule has 1 N–H and O–H groups in total. The Morgan fingerprint density at radius 1 is 1.11 bits per heavy atom. The fraction of sp³-hybridized carbons (Fsp3) is 0.923. The Morgan fingerprint density at radius 3 is 2.17 bits per heavy atom. The molecule has 0 fully saturated rings. The molecular weight excluding hydrogens is 229 g/mol.